The standard InChI is InChI=1S/C15H9F3O2/c1-8(19)20-10-3-5-12-13-6-9(15(16,17)18)2-4-11(13)14(12)7-10/h2-7H,1H3. The molecule has 0 saturated carbocycles. The Morgan fingerprint density at radius 1 is 0.950 bits per heavy atom. The lowest BCUT2D eigenvalue weighted by atomic mass is 9.79. The minimum Gasteiger partial charge on any atom is -0.427 e. The summed E-state index contributed by atoms with van der Waals surface area (Å²) in [6.07, 6.45) is -4.34. The van der Waals surface area contributed by atoms with Crippen LogP contribution in [0.4, 0.5) is 13.2 Å². The van der Waals surface area contributed by atoms with Crippen molar-refractivity contribution in [3.05, 3.63) is 42.0 Å². The number of esters is 1. The fourth-order valence-corrected chi connectivity index (χ4v) is 2.33. The Balaban J connectivity index is 1.99. The lowest BCUT2D eigenvalue weighted by Crippen LogP contribution is -2.08. The molecule has 102 valence electrons. The van der Waals surface area contributed by atoms with Crippen molar-refractivity contribution in [2.75, 3.05) is 0 Å². The van der Waals surface area contributed by atoms with Gasteiger partial charge < -0.3 is 4.74 Å². The zero-order valence-electron chi connectivity index (χ0n) is 10.4. The second kappa shape index (κ2) is 4.10. The van der Waals surface area contributed by atoms with Gasteiger partial charge in [-0.15, -0.1) is 0 Å². The number of hydrogen-bond donors (Lipinski definition) is 0. The van der Waals surface area contributed by atoms with Crippen molar-refractivity contribution in [3.63, 3.8) is 0 Å². The van der Waals surface area contributed by atoms with E-state index in [2.05, 4.69) is 0 Å². The first kappa shape index (κ1) is 12.7. The Morgan fingerprint density at radius 3 is 2.15 bits per heavy atom. The number of carbonyl (C=O) groups excluding carboxylic acids is 1. The molecular weight excluding hydrogens is 269 g/mol. The van der Waals surface area contributed by atoms with E-state index in [1.54, 1.807) is 18.2 Å². The lowest BCUT2D eigenvalue weighted by molar-refractivity contribution is -0.137. The topological polar surface area (TPSA) is 26.3 Å². The molecule has 5 heteroatoms. The summed E-state index contributed by atoms with van der Waals surface area (Å²) in [6, 6.07) is 8.54. The molecule has 0 aliphatic heterocycles. The molecule has 2 nitrogen and oxygen atoms in total. The van der Waals surface area contributed by atoms with E-state index in [4.69, 9.17) is 4.74 Å². The third kappa shape index (κ3) is 1.95. The van der Waals surface area contributed by atoms with Crippen LogP contribution in [0.1, 0.15) is 12.5 Å². The highest BCUT2D eigenvalue weighted by Gasteiger charge is 2.33. The van der Waals surface area contributed by atoms with Gasteiger partial charge in [0.15, 0.2) is 0 Å². The number of carbonyl (C=O) groups is 1. The average molecular weight is 278 g/mol. The highest BCUT2D eigenvalue weighted by molar-refractivity contribution is 6.03. The Labute approximate surface area is 112 Å². The van der Waals surface area contributed by atoms with E-state index in [1.807, 2.05) is 0 Å². The summed E-state index contributed by atoms with van der Waals surface area (Å²) in [4.78, 5) is 10.9. The minimum absolute atomic E-state index is 0.391. The lowest BCUT2D eigenvalue weighted by Gasteiger charge is -2.25. The zero-order chi connectivity index (χ0) is 14.5. The van der Waals surface area contributed by atoms with Crippen LogP contribution in [-0.2, 0) is 11.0 Å². The first-order valence-electron chi connectivity index (χ1n) is 5.91. The number of fused-ring (bicyclic) bond motifs is 4. The van der Waals surface area contributed by atoms with Crippen LogP contribution in [0.2, 0.25) is 0 Å². The zero-order valence-corrected chi connectivity index (χ0v) is 10.4. The maximum absolute atomic E-state index is 12.6. The van der Waals surface area contributed by atoms with Gasteiger partial charge in [-0.25, -0.2) is 0 Å². The van der Waals surface area contributed by atoms with E-state index in [0.29, 0.717) is 11.3 Å². The molecule has 0 aromatic heterocycles. The van der Waals surface area contributed by atoms with Gasteiger partial charge in [0.2, 0.25) is 0 Å². The quantitative estimate of drug-likeness (QED) is 0.490. The molecule has 2 aromatic carbocycles. The number of benzene rings is 2. The monoisotopic (exact) mass is 278 g/mol. The van der Waals surface area contributed by atoms with Crippen molar-refractivity contribution < 1.29 is 22.7 Å². The molecule has 0 saturated heterocycles. The molecule has 0 amide bonds. The molecule has 0 radical (unpaired) electrons. The van der Waals surface area contributed by atoms with Crippen LogP contribution in [0, 0.1) is 0 Å². The van der Waals surface area contributed by atoms with Crippen molar-refractivity contribution in [3.8, 4) is 28.0 Å². The van der Waals surface area contributed by atoms with Crippen LogP contribution < -0.4 is 4.74 Å². The van der Waals surface area contributed by atoms with E-state index in [0.717, 1.165) is 28.8 Å². The van der Waals surface area contributed by atoms with Gasteiger partial charge in [-0.3, -0.25) is 4.79 Å². The van der Waals surface area contributed by atoms with E-state index < -0.39 is 17.7 Å². The van der Waals surface area contributed by atoms with Crippen molar-refractivity contribution in [2.45, 2.75) is 13.1 Å². The third-order valence-corrected chi connectivity index (χ3v) is 3.18. The largest absolute Gasteiger partial charge is 0.427 e. The van der Waals surface area contributed by atoms with Gasteiger partial charge in [-0.2, -0.15) is 13.2 Å². The van der Waals surface area contributed by atoms with Gasteiger partial charge in [0.05, 0.1) is 5.56 Å². The molecule has 0 heterocycles. The summed E-state index contributed by atoms with van der Waals surface area (Å²) in [5.41, 5.74) is 2.19. The van der Waals surface area contributed by atoms with Crippen LogP contribution in [0.3, 0.4) is 0 Å². The van der Waals surface area contributed by atoms with Gasteiger partial charge >= 0.3 is 12.1 Å². The Bertz CT molecular complexity index is 718. The van der Waals surface area contributed by atoms with E-state index >= 15 is 0 Å². The number of halogens is 3. The molecule has 0 fully saturated rings. The molecule has 2 aromatic rings. The molecule has 3 rings (SSSR count). The summed E-state index contributed by atoms with van der Waals surface area (Å²) in [5.74, 6) is -0.0429. The summed E-state index contributed by atoms with van der Waals surface area (Å²) in [6.45, 7) is 1.29. The van der Waals surface area contributed by atoms with E-state index in [1.165, 1.54) is 13.0 Å². The van der Waals surface area contributed by atoms with Crippen molar-refractivity contribution in [2.24, 2.45) is 0 Å². The number of rotatable bonds is 1. The van der Waals surface area contributed by atoms with Crippen LogP contribution in [-0.4, -0.2) is 5.97 Å². The Hall–Kier alpha value is -2.30. The van der Waals surface area contributed by atoms with Crippen molar-refractivity contribution in [1.29, 1.82) is 0 Å². The smallest absolute Gasteiger partial charge is 0.416 e. The third-order valence-electron chi connectivity index (χ3n) is 3.18. The van der Waals surface area contributed by atoms with Gasteiger partial charge in [0.25, 0.3) is 0 Å². The Morgan fingerprint density at radius 2 is 1.55 bits per heavy atom. The number of hydrogen-bond acceptors (Lipinski definition) is 2. The highest BCUT2D eigenvalue weighted by Crippen LogP contribution is 2.50. The summed E-state index contributed by atoms with van der Waals surface area (Å²) in [7, 11) is 0. The summed E-state index contributed by atoms with van der Waals surface area (Å²) >= 11 is 0. The Kier molecular flexibility index (Phi) is 2.61. The second-order valence-electron chi connectivity index (χ2n) is 4.56. The van der Waals surface area contributed by atoms with Crippen molar-refractivity contribution in [1.82, 2.24) is 0 Å². The van der Waals surface area contributed by atoms with Crippen LogP contribution in [0.5, 0.6) is 5.75 Å². The molecular formula is C15H9F3O2. The van der Waals surface area contributed by atoms with Gasteiger partial charge in [0.1, 0.15) is 5.75 Å². The first-order chi connectivity index (χ1) is 9.36. The van der Waals surface area contributed by atoms with Gasteiger partial charge in [0, 0.05) is 6.92 Å². The predicted molar refractivity (Wildman–Crippen MR) is 67.2 cm³/mol. The highest BCUT2D eigenvalue weighted by atomic mass is 19.4. The normalized spacial score (nSPS) is 12.2. The first-order valence-corrected chi connectivity index (χ1v) is 5.91. The molecule has 0 unspecified atom stereocenters. The van der Waals surface area contributed by atoms with Gasteiger partial charge in [-0.1, -0.05) is 12.1 Å². The molecule has 1 aliphatic rings. The second-order valence-corrected chi connectivity index (χ2v) is 4.56. The molecule has 0 atom stereocenters. The maximum atomic E-state index is 12.6. The molecule has 20 heavy (non-hydrogen) atoms. The van der Waals surface area contributed by atoms with E-state index in [9.17, 15) is 18.0 Å². The fourth-order valence-electron chi connectivity index (χ4n) is 2.33. The van der Waals surface area contributed by atoms with E-state index in [-0.39, 0.29) is 0 Å². The van der Waals surface area contributed by atoms with Crippen LogP contribution in [0.15, 0.2) is 36.4 Å². The average Bonchev–Trinajstić information content (AvgIpc) is 2.34. The summed E-state index contributed by atoms with van der Waals surface area (Å²) < 4.78 is 42.9. The SMILES string of the molecule is CC(=O)Oc1ccc2c(c1)-c1ccc(C(F)(F)F)cc1-2. The predicted octanol–water partition coefficient (Wildman–Crippen LogP) is 4.28. The van der Waals surface area contributed by atoms with Gasteiger partial charge in [-0.05, 0) is 46.5 Å². The summed E-state index contributed by atoms with van der Waals surface area (Å²) in [5, 5.41) is 0. The fraction of sp³-hybridized carbons (Fsp3) is 0.133. The maximum Gasteiger partial charge on any atom is 0.416 e. The van der Waals surface area contributed by atoms with Crippen molar-refractivity contribution >= 4 is 5.97 Å². The molecule has 0 N–H and O–H groups in total. The number of ether oxygens (including phenoxy) is 1. The molecule has 0 spiro atoms. The molecule has 1 aliphatic carbocycles. The molecule has 0 bridgehead atoms. The van der Waals surface area contributed by atoms with Crippen LogP contribution >= 0.6 is 0 Å². The minimum atomic E-state index is -4.34. The number of alkyl halides is 3. The van der Waals surface area contributed by atoms with Crippen LogP contribution in [0.25, 0.3) is 22.3 Å².